The van der Waals surface area contributed by atoms with E-state index in [1.165, 1.54) is 25.7 Å². The lowest BCUT2D eigenvalue weighted by Crippen LogP contribution is -2.48. The van der Waals surface area contributed by atoms with Gasteiger partial charge < -0.3 is 19.9 Å². The number of anilines is 2. The second-order valence-corrected chi connectivity index (χ2v) is 18.0. The van der Waals surface area contributed by atoms with Gasteiger partial charge in [-0.15, -0.1) is 11.8 Å². The van der Waals surface area contributed by atoms with Crippen LogP contribution in [-0.2, 0) is 16.6 Å². The van der Waals surface area contributed by atoms with Gasteiger partial charge in [-0.1, -0.05) is 6.07 Å². The first-order valence-electron chi connectivity index (χ1n) is 21.0. The lowest BCUT2D eigenvalue weighted by atomic mass is 9.71. The number of ether oxygens (including phenoxy) is 1. The van der Waals surface area contributed by atoms with Crippen molar-refractivity contribution in [3.8, 4) is 5.75 Å². The molecule has 59 heavy (non-hydrogen) atoms. The highest BCUT2D eigenvalue weighted by Gasteiger charge is 2.39. The number of aryl methyl sites for hydroxylation is 1. The van der Waals surface area contributed by atoms with Crippen molar-refractivity contribution < 1.29 is 19.1 Å². The second kappa shape index (κ2) is 16.1. The number of carbonyl (C=O) groups is 3. The van der Waals surface area contributed by atoms with Crippen LogP contribution in [0.15, 0.2) is 64.7 Å². The molecule has 5 aromatic rings. The van der Waals surface area contributed by atoms with E-state index in [4.69, 9.17) is 9.84 Å². The summed E-state index contributed by atoms with van der Waals surface area (Å²) in [5.41, 5.74) is 4.73. The van der Waals surface area contributed by atoms with E-state index in [0.29, 0.717) is 40.8 Å². The van der Waals surface area contributed by atoms with Crippen LogP contribution in [0.1, 0.15) is 86.6 Å². The number of piperidine rings is 3. The molecular weight excluding hydrogens is 767 g/mol. The van der Waals surface area contributed by atoms with Crippen molar-refractivity contribution in [2.24, 2.45) is 18.4 Å². The summed E-state index contributed by atoms with van der Waals surface area (Å²) in [4.78, 5) is 61.4. The number of hydrogen-bond donors (Lipinski definition) is 2. The minimum Gasteiger partial charge on any atom is -0.494 e. The van der Waals surface area contributed by atoms with Crippen molar-refractivity contribution in [1.29, 1.82) is 0 Å². The molecule has 0 bridgehead atoms. The molecule has 4 aliphatic rings. The number of methoxy groups -OCH3 is 1. The molecule has 1 spiro atoms. The SMILES string of the molecule is COc1cc2nn(C3CCC(CN4CCC5(CC4)CCN(c4cccc6c4n(C)c(=O)n6C4CCC(=O)NC4=O)CC5)CC3)cc2cc1NC(=O)c1cncc(SC)c1. The number of aromatic nitrogens is 5. The maximum Gasteiger partial charge on any atom is 0.329 e. The number of fused-ring (bicyclic) bond motifs is 2. The van der Waals surface area contributed by atoms with Crippen molar-refractivity contribution in [2.75, 3.05) is 56.3 Å². The molecule has 3 aliphatic heterocycles. The van der Waals surface area contributed by atoms with Crippen molar-refractivity contribution in [3.63, 3.8) is 0 Å². The van der Waals surface area contributed by atoms with Gasteiger partial charge in [0.25, 0.3) is 5.91 Å². The number of likely N-dealkylation sites (tertiary alicyclic amines) is 1. The van der Waals surface area contributed by atoms with Gasteiger partial charge in [-0.3, -0.25) is 38.5 Å². The Hall–Kier alpha value is -5.15. The third-order valence-corrected chi connectivity index (χ3v) is 14.4. The molecule has 9 rings (SSSR count). The predicted molar refractivity (Wildman–Crippen MR) is 229 cm³/mol. The first-order valence-corrected chi connectivity index (χ1v) is 22.2. The van der Waals surface area contributed by atoms with Gasteiger partial charge >= 0.3 is 5.69 Å². The van der Waals surface area contributed by atoms with Crippen LogP contribution in [-0.4, -0.2) is 92.6 Å². The Labute approximate surface area is 347 Å². The van der Waals surface area contributed by atoms with E-state index in [2.05, 4.69) is 42.4 Å². The average molecular weight is 820 g/mol. The molecule has 1 atom stereocenters. The Bertz CT molecular complexity index is 2470. The fraction of sp³-hybridized carbons (Fsp3) is 0.500. The summed E-state index contributed by atoms with van der Waals surface area (Å²) in [6, 6.07) is 11.4. The summed E-state index contributed by atoms with van der Waals surface area (Å²) in [6.45, 7) is 5.33. The van der Waals surface area contributed by atoms with E-state index < -0.39 is 11.9 Å². The summed E-state index contributed by atoms with van der Waals surface area (Å²) in [5, 5.41) is 11.4. The van der Waals surface area contributed by atoms with Crippen molar-refractivity contribution in [2.45, 2.75) is 81.2 Å². The van der Waals surface area contributed by atoms with Crippen molar-refractivity contribution in [1.82, 2.24) is 34.1 Å². The fourth-order valence-electron chi connectivity index (χ4n) is 10.2. The van der Waals surface area contributed by atoms with Gasteiger partial charge in [0.15, 0.2) is 0 Å². The molecule has 15 heteroatoms. The predicted octanol–water partition coefficient (Wildman–Crippen LogP) is 6.16. The highest BCUT2D eigenvalue weighted by atomic mass is 32.2. The highest BCUT2D eigenvalue weighted by Crippen LogP contribution is 2.44. The normalized spacial score (nSPS) is 22.6. The van der Waals surface area contributed by atoms with Gasteiger partial charge in [0.1, 0.15) is 11.8 Å². The van der Waals surface area contributed by atoms with Gasteiger partial charge in [-0.05, 0) is 113 Å². The Morgan fingerprint density at radius 3 is 2.47 bits per heavy atom. The molecule has 3 amide bonds. The molecule has 14 nitrogen and oxygen atoms in total. The van der Waals surface area contributed by atoms with Crippen LogP contribution in [0.2, 0.25) is 0 Å². The quantitative estimate of drug-likeness (QED) is 0.131. The first-order chi connectivity index (χ1) is 28.6. The highest BCUT2D eigenvalue weighted by molar-refractivity contribution is 7.98. The Balaban J connectivity index is 0.776. The zero-order chi connectivity index (χ0) is 40.8. The first kappa shape index (κ1) is 39.3. The number of carbonyl (C=O) groups excluding carboxylic acids is 3. The maximum absolute atomic E-state index is 13.5. The largest absolute Gasteiger partial charge is 0.494 e. The fourth-order valence-corrected chi connectivity index (χ4v) is 10.6. The molecule has 6 heterocycles. The summed E-state index contributed by atoms with van der Waals surface area (Å²) >= 11 is 1.55. The molecule has 1 saturated carbocycles. The molecule has 310 valence electrons. The summed E-state index contributed by atoms with van der Waals surface area (Å²) in [6.07, 6.45) is 17.2. The van der Waals surface area contributed by atoms with Crippen LogP contribution in [0.25, 0.3) is 21.9 Å². The van der Waals surface area contributed by atoms with Gasteiger partial charge in [-0.25, -0.2) is 4.79 Å². The lowest BCUT2D eigenvalue weighted by molar-refractivity contribution is -0.135. The van der Waals surface area contributed by atoms with E-state index in [9.17, 15) is 19.2 Å². The third-order valence-electron chi connectivity index (χ3n) is 13.7. The second-order valence-electron chi connectivity index (χ2n) is 17.1. The summed E-state index contributed by atoms with van der Waals surface area (Å²) in [7, 11) is 3.39. The van der Waals surface area contributed by atoms with Crippen LogP contribution in [0.5, 0.6) is 5.75 Å². The number of nitrogens with one attached hydrogen (secondary N) is 2. The third kappa shape index (κ3) is 7.63. The molecule has 3 saturated heterocycles. The number of rotatable bonds is 9. The molecule has 4 fully saturated rings. The molecular formula is C44H53N9O5S. The molecule has 1 aliphatic carbocycles. The van der Waals surface area contributed by atoms with E-state index in [1.807, 2.05) is 36.6 Å². The van der Waals surface area contributed by atoms with Crippen LogP contribution >= 0.6 is 11.8 Å². The number of pyridine rings is 1. The van der Waals surface area contributed by atoms with Crippen LogP contribution in [0.3, 0.4) is 0 Å². The van der Waals surface area contributed by atoms with E-state index in [0.717, 1.165) is 90.9 Å². The molecule has 3 aromatic heterocycles. The minimum absolute atomic E-state index is 0.225. The number of nitrogens with zero attached hydrogens (tertiary/aromatic N) is 7. The molecule has 0 radical (unpaired) electrons. The van der Waals surface area contributed by atoms with Crippen LogP contribution in [0.4, 0.5) is 11.4 Å². The smallest absolute Gasteiger partial charge is 0.329 e. The van der Waals surface area contributed by atoms with Crippen LogP contribution < -0.4 is 26.0 Å². The molecule has 1 unspecified atom stereocenters. The number of amides is 3. The number of hydrogen-bond acceptors (Lipinski definition) is 10. The van der Waals surface area contributed by atoms with Crippen LogP contribution in [0, 0.1) is 11.3 Å². The molecule has 2 N–H and O–H groups in total. The zero-order valence-corrected chi connectivity index (χ0v) is 34.9. The number of thioether (sulfide) groups is 1. The van der Waals surface area contributed by atoms with E-state index >= 15 is 0 Å². The maximum atomic E-state index is 13.5. The molecule has 2 aromatic carbocycles. The number of imide groups is 1. The number of imidazole rings is 1. The Kier molecular flexibility index (Phi) is 10.8. The topological polar surface area (TPSA) is 149 Å². The van der Waals surface area contributed by atoms with E-state index in [1.54, 1.807) is 47.4 Å². The Morgan fingerprint density at radius 1 is 0.983 bits per heavy atom. The van der Waals surface area contributed by atoms with Gasteiger partial charge in [0.05, 0.1) is 46.6 Å². The Morgan fingerprint density at radius 2 is 1.75 bits per heavy atom. The van der Waals surface area contributed by atoms with Gasteiger partial charge in [-0.2, -0.15) is 5.10 Å². The lowest BCUT2D eigenvalue weighted by Gasteiger charge is -2.48. The van der Waals surface area contributed by atoms with Crippen molar-refractivity contribution >= 4 is 62.8 Å². The summed E-state index contributed by atoms with van der Waals surface area (Å²) in [5.74, 6) is 0.344. The number of para-hydroxylation sites is 1. The monoisotopic (exact) mass is 819 g/mol. The number of benzene rings is 2. The summed E-state index contributed by atoms with van der Waals surface area (Å²) < 4.78 is 11.0. The zero-order valence-electron chi connectivity index (χ0n) is 34.1. The van der Waals surface area contributed by atoms with E-state index in [-0.39, 0.29) is 23.9 Å². The van der Waals surface area contributed by atoms with Gasteiger partial charge in [0.2, 0.25) is 11.8 Å². The average Bonchev–Trinajstić information content (AvgIpc) is 3.79. The van der Waals surface area contributed by atoms with Crippen molar-refractivity contribution in [3.05, 3.63) is 71.0 Å². The minimum atomic E-state index is -0.684. The van der Waals surface area contributed by atoms with Gasteiger partial charge in [0, 0.05) is 68.0 Å². The standard InChI is InChI=1S/C44H53N9O5S/c1-49-40-35(5-4-6-36(40)53(43(49)57)37-11-12-39(54)47-42(37)56)51-19-15-44(16-20-51)13-17-50(18-14-44)26-28-7-9-31(10-8-28)52-27-30-22-34(38(58-2)23-33(30)48-52)46-41(55)29-21-32(59-3)25-45-24-29/h4-6,21-25,27-28,31,37H,7-20,26H2,1-3H3,(H,46,55)(H,47,54,56).